The molecule has 0 saturated heterocycles. The number of carbonyl (C=O) groups excluding carboxylic acids is 1. The maximum absolute atomic E-state index is 13.0. The third kappa shape index (κ3) is 3.38. The second kappa shape index (κ2) is 6.96. The molecule has 24 heavy (non-hydrogen) atoms. The number of ether oxygens (including phenoxy) is 1. The molecule has 0 unspecified atom stereocenters. The Hall–Kier alpha value is -2.48. The number of esters is 1. The number of nitrogens with zero attached hydrogens (tertiary/aromatic N) is 4. The zero-order valence-electron chi connectivity index (χ0n) is 13.1. The van der Waals surface area contributed by atoms with E-state index in [2.05, 4.69) is 15.1 Å². The Balaban J connectivity index is 1.88. The van der Waals surface area contributed by atoms with Gasteiger partial charge >= 0.3 is 5.97 Å². The van der Waals surface area contributed by atoms with Gasteiger partial charge in [-0.2, -0.15) is 5.10 Å². The number of halogens is 1. The highest BCUT2D eigenvalue weighted by Crippen LogP contribution is 2.30. The van der Waals surface area contributed by atoms with Crippen molar-refractivity contribution in [1.82, 2.24) is 19.7 Å². The predicted octanol–water partition coefficient (Wildman–Crippen LogP) is 2.38. The van der Waals surface area contributed by atoms with Gasteiger partial charge in [-0.25, -0.2) is 14.4 Å². The minimum absolute atomic E-state index is 0.311. The van der Waals surface area contributed by atoms with Crippen LogP contribution in [0.3, 0.4) is 0 Å². The minimum atomic E-state index is -0.501. The number of methoxy groups -OCH3 is 1. The summed E-state index contributed by atoms with van der Waals surface area (Å²) in [5, 5.41) is 5.10. The number of aromatic nitrogens is 4. The Morgan fingerprint density at radius 1 is 1.33 bits per heavy atom. The van der Waals surface area contributed by atoms with E-state index in [1.54, 1.807) is 30.1 Å². The van der Waals surface area contributed by atoms with Gasteiger partial charge in [-0.05, 0) is 24.1 Å². The largest absolute Gasteiger partial charge is 0.468 e. The number of thioether (sulfide) groups is 1. The van der Waals surface area contributed by atoms with Crippen LogP contribution in [0.4, 0.5) is 4.39 Å². The van der Waals surface area contributed by atoms with Crippen LogP contribution in [-0.4, -0.2) is 38.1 Å². The molecule has 8 heteroatoms. The van der Waals surface area contributed by atoms with Gasteiger partial charge in [0.05, 0.1) is 18.7 Å². The van der Waals surface area contributed by atoms with E-state index in [1.165, 1.54) is 37.3 Å². The predicted molar refractivity (Wildman–Crippen MR) is 88.1 cm³/mol. The molecule has 0 spiro atoms. The van der Waals surface area contributed by atoms with E-state index in [4.69, 9.17) is 4.74 Å². The highest BCUT2D eigenvalue weighted by molar-refractivity contribution is 8.00. The summed E-state index contributed by atoms with van der Waals surface area (Å²) in [6, 6.07) is 6.06. The fourth-order valence-corrected chi connectivity index (χ4v) is 3.43. The normalized spacial score (nSPS) is 12.3. The van der Waals surface area contributed by atoms with Crippen molar-refractivity contribution in [2.75, 3.05) is 7.11 Å². The van der Waals surface area contributed by atoms with Crippen molar-refractivity contribution in [3.63, 3.8) is 0 Å². The standard InChI is InChI=1S/C16H15FN4O2S/c1-21-14-12(8-20-21)15(19-9-18-14)24-13(16(22)23-2)7-10-3-5-11(17)6-4-10/h3-6,8-9,13H,7H2,1-2H3/t13-/m0/s1. The number of carbonyl (C=O) groups is 1. The maximum Gasteiger partial charge on any atom is 0.319 e. The van der Waals surface area contributed by atoms with Crippen molar-refractivity contribution < 1.29 is 13.9 Å². The summed E-state index contributed by atoms with van der Waals surface area (Å²) in [5.74, 6) is -0.672. The summed E-state index contributed by atoms with van der Waals surface area (Å²) in [7, 11) is 3.14. The zero-order valence-corrected chi connectivity index (χ0v) is 14.0. The summed E-state index contributed by atoms with van der Waals surface area (Å²) in [5.41, 5.74) is 1.54. The van der Waals surface area contributed by atoms with E-state index in [1.807, 2.05) is 0 Å². The Bertz CT molecular complexity index is 866. The molecule has 0 radical (unpaired) electrons. The van der Waals surface area contributed by atoms with Crippen molar-refractivity contribution in [1.29, 1.82) is 0 Å². The molecule has 0 amide bonds. The van der Waals surface area contributed by atoms with E-state index in [9.17, 15) is 9.18 Å². The van der Waals surface area contributed by atoms with Crippen molar-refractivity contribution in [2.45, 2.75) is 16.7 Å². The van der Waals surface area contributed by atoms with Crippen LogP contribution in [0.2, 0.25) is 0 Å². The lowest BCUT2D eigenvalue weighted by atomic mass is 10.1. The fourth-order valence-electron chi connectivity index (χ4n) is 2.31. The van der Waals surface area contributed by atoms with Crippen LogP contribution in [0.5, 0.6) is 0 Å². The number of rotatable bonds is 5. The molecule has 0 aliphatic carbocycles. The third-order valence-electron chi connectivity index (χ3n) is 3.55. The molecular formula is C16H15FN4O2S. The van der Waals surface area contributed by atoms with Gasteiger partial charge in [-0.15, -0.1) is 0 Å². The molecule has 6 nitrogen and oxygen atoms in total. The maximum atomic E-state index is 13.0. The lowest BCUT2D eigenvalue weighted by Crippen LogP contribution is -2.21. The summed E-state index contributed by atoms with van der Waals surface area (Å²) >= 11 is 1.29. The van der Waals surface area contributed by atoms with Crippen LogP contribution in [0.25, 0.3) is 11.0 Å². The second-order valence-corrected chi connectivity index (χ2v) is 6.34. The molecule has 1 aromatic carbocycles. The van der Waals surface area contributed by atoms with Gasteiger partial charge in [0.1, 0.15) is 22.4 Å². The number of hydrogen-bond donors (Lipinski definition) is 0. The molecule has 124 valence electrons. The summed E-state index contributed by atoms with van der Waals surface area (Å²) < 4.78 is 19.6. The molecule has 3 rings (SSSR count). The Labute approximate surface area is 142 Å². The molecule has 3 aromatic rings. The molecular weight excluding hydrogens is 331 g/mol. The van der Waals surface area contributed by atoms with Crippen LogP contribution >= 0.6 is 11.8 Å². The molecule has 1 atom stereocenters. The van der Waals surface area contributed by atoms with Gasteiger partial charge in [-0.1, -0.05) is 23.9 Å². The van der Waals surface area contributed by atoms with Crippen LogP contribution < -0.4 is 0 Å². The summed E-state index contributed by atoms with van der Waals surface area (Å²) in [4.78, 5) is 20.6. The molecule has 0 fully saturated rings. The first-order chi connectivity index (χ1) is 11.6. The summed E-state index contributed by atoms with van der Waals surface area (Å²) in [6.07, 6.45) is 3.52. The van der Waals surface area contributed by atoms with Crippen LogP contribution in [0.1, 0.15) is 5.56 Å². The van der Waals surface area contributed by atoms with E-state index in [-0.39, 0.29) is 11.8 Å². The first kappa shape index (κ1) is 16.4. The quantitative estimate of drug-likeness (QED) is 0.401. The first-order valence-electron chi connectivity index (χ1n) is 7.20. The molecule has 0 aliphatic rings. The molecule has 0 saturated carbocycles. The van der Waals surface area contributed by atoms with Crippen molar-refractivity contribution in [3.05, 3.63) is 48.2 Å². The van der Waals surface area contributed by atoms with Crippen molar-refractivity contribution in [3.8, 4) is 0 Å². The fraction of sp³-hybridized carbons (Fsp3) is 0.250. The average molecular weight is 346 g/mol. The van der Waals surface area contributed by atoms with Gasteiger partial charge in [0.25, 0.3) is 0 Å². The van der Waals surface area contributed by atoms with Gasteiger partial charge in [0, 0.05) is 7.05 Å². The minimum Gasteiger partial charge on any atom is -0.468 e. The monoisotopic (exact) mass is 346 g/mol. The smallest absolute Gasteiger partial charge is 0.319 e. The van der Waals surface area contributed by atoms with Crippen LogP contribution in [-0.2, 0) is 23.0 Å². The number of aryl methyl sites for hydroxylation is 1. The van der Waals surface area contributed by atoms with Crippen LogP contribution in [0.15, 0.2) is 41.8 Å². The molecule has 0 aliphatic heterocycles. The number of benzene rings is 1. The van der Waals surface area contributed by atoms with Crippen LogP contribution in [0, 0.1) is 5.82 Å². The number of fused-ring (bicyclic) bond motifs is 1. The zero-order chi connectivity index (χ0) is 17.1. The highest BCUT2D eigenvalue weighted by atomic mass is 32.2. The third-order valence-corrected chi connectivity index (χ3v) is 4.74. The molecule has 0 bridgehead atoms. The highest BCUT2D eigenvalue weighted by Gasteiger charge is 2.23. The topological polar surface area (TPSA) is 69.9 Å². The van der Waals surface area contributed by atoms with Crippen molar-refractivity contribution >= 4 is 28.8 Å². The Morgan fingerprint density at radius 2 is 2.08 bits per heavy atom. The Kier molecular flexibility index (Phi) is 4.75. The van der Waals surface area contributed by atoms with E-state index >= 15 is 0 Å². The van der Waals surface area contributed by atoms with Crippen molar-refractivity contribution in [2.24, 2.45) is 7.05 Å². The van der Waals surface area contributed by atoms with Gasteiger partial charge < -0.3 is 4.74 Å². The molecule has 2 heterocycles. The lowest BCUT2D eigenvalue weighted by Gasteiger charge is -2.14. The van der Waals surface area contributed by atoms with Gasteiger partial charge in [0.15, 0.2) is 5.65 Å². The number of hydrogen-bond acceptors (Lipinski definition) is 6. The van der Waals surface area contributed by atoms with E-state index in [0.717, 1.165) is 10.9 Å². The van der Waals surface area contributed by atoms with E-state index < -0.39 is 5.25 Å². The average Bonchev–Trinajstić information content (AvgIpc) is 2.98. The first-order valence-corrected chi connectivity index (χ1v) is 8.08. The second-order valence-electron chi connectivity index (χ2n) is 5.14. The lowest BCUT2D eigenvalue weighted by molar-refractivity contribution is -0.139. The van der Waals surface area contributed by atoms with Gasteiger partial charge in [0.2, 0.25) is 0 Å². The molecule has 2 aromatic heterocycles. The SMILES string of the molecule is COC(=O)[C@H](Cc1ccc(F)cc1)Sc1ncnc2c1cnn2C. The Morgan fingerprint density at radius 3 is 2.79 bits per heavy atom. The summed E-state index contributed by atoms with van der Waals surface area (Å²) in [6.45, 7) is 0. The molecule has 0 N–H and O–H groups in total. The van der Waals surface area contributed by atoms with Gasteiger partial charge in [-0.3, -0.25) is 9.48 Å². The van der Waals surface area contributed by atoms with E-state index in [0.29, 0.717) is 17.1 Å².